The van der Waals surface area contributed by atoms with Crippen molar-refractivity contribution in [3.8, 4) is 0 Å². The maximum atomic E-state index is 11.8. The highest BCUT2D eigenvalue weighted by Crippen LogP contribution is 2.11. The van der Waals surface area contributed by atoms with E-state index < -0.39 is 5.97 Å². The smallest absolute Gasteiger partial charge is 0.321 e. The van der Waals surface area contributed by atoms with Gasteiger partial charge in [0.15, 0.2) is 0 Å². The standard InChI is InChI=1S/C14H21N3O3/c1-15-9-10-17(2)14(20)16-12-6-3-11(4-7-12)5-8-13(18)19/h3-4,6-7,15H,5,8-10H2,1-2H3,(H,16,20)(H,18,19). The molecule has 6 nitrogen and oxygen atoms in total. The Labute approximate surface area is 118 Å². The molecule has 0 radical (unpaired) electrons. The van der Waals surface area contributed by atoms with E-state index in [1.807, 2.05) is 19.2 Å². The predicted molar refractivity (Wildman–Crippen MR) is 78.0 cm³/mol. The summed E-state index contributed by atoms with van der Waals surface area (Å²) in [7, 11) is 3.56. The zero-order valence-electron chi connectivity index (χ0n) is 11.8. The molecule has 2 amide bonds. The lowest BCUT2D eigenvalue weighted by Gasteiger charge is -2.17. The van der Waals surface area contributed by atoms with Crippen LogP contribution in [0.2, 0.25) is 0 Å². The third kappa shape index (κ3) is 5.71. The molecule has 0 bridgehead atoms. The minimum absolute atomic E-state index is 0.110. The second kappa shape index (κ2) is 8.16. The van der Waals surface area contributed by atoms with E-state index >= 15 is 0 Å². The number of urea groups is 1. The summed E-state index contributed by atoms with van der Waals surface area (Å²) in [5.74, 6) is -0.812. The average Bonchev–Trinajstić information content (AvgIpc) is 2.43. The Balaban J connectivity index is 2.48. The minimum Gasteiger partial charge on any atom is -0.481 e. The summed E-state index contributed by atoms with van der Waals surface area (Å²) in [5, 5.41) is 14.4. The van der Waals surface area contributed by atoms with Gasteiger partial charge in [-0.15, -0.1) is 0 Å². The molecule has 6 heteroatoms. The van der Waals surface area contributed by atoms with E-state index in [1.165, 1.54) is 0 Å². The first kappa shape index (κ1) is 16.0. The number of carbonyl (C=O) groups excluding carboxylic acids is 1. The summed E-state index contributed by atoms with van der Waals surface area (Å²) in [6, 6.07) is 7.04. The first-order valence-electron chi connectivity index (χ1n) is 6.50. The fourth-order valence-electron chi connectivity index (χ4n) is 1.61. The Morgan fingerprint density at radius 1 is 1.25 bits per heavy atom. The SMILES string of the molecule is CNCCN(C)C(=O)Nc1ccc(CCC(=O)O)cc1. The predicted octanol–water partition coefficient (Wildman–Crippen LogP) is 1.39. The molecule has 1 aromatic rings. The second-order valence-electron chi connectivity index (χ2n) is 4.55. The molecular formula is C14H21N3O3. The van der Waals surface area contributed by atoms with Gasteiger partial charge in [0, 0.05) is 32.2 Å². The minimum atomic E-state index is -0.812. The molecule has 0 aliphatic rings. The van der Waals surface area contributed by atoms with Crippen molar-refractivity contribution in [2.75, 3.05) is 32.5 Å². The molecule has 0 spiro atoms. The Morgan fingerprint density at radius 3 is 2.45 bits per heavy atom. The molecule has 0 unspecified atom stereocenters. The van der Waals surface area contributed by atoms with Crippen LogP contribution in [0.4, 0.5) is 10.5 Å². The number of aliphatic carboxylic acids is 1. The van der Waals surface area contributed by atoms with Gasteiger partial charge in [-0.3, -0.25) is 4.79 Å². The van der Waals surface area contributed by atoms with Crippen LogP contribution in [0.5, 0.6) is 0 Å². The van der Waals surface area contributed by atoms with Crippen LogP contribution in [-0.4, -0.2) is 49.2 Å². The fraction of sp³-hybridized carbons (Fsp3) is 0.429. The van der Waals surface area contributed by atoms with Crippen LogP contribution in [0.3, 0.4) is 0 Å². The maximum Gasteiger partial charge on any atom is 0.321 e. The molecule has 0 aromatic heterocycles. The largest absolute Gasteiger partial charge is 0.481 e. The number of hydrogen-bond acceptors (Lipinski definition) is 3. The van der Waals surface area contributed by atoms with Crippen LogP contribution in [0.1, 0.15) is 12.0 Å². The molecule has 1 rings (SSSR count). The third-order valence-corrected chi connectivity index (χ3v) is 2.88. The third-order valence-electron chi connectivity index (χ3n) is 2.88. The van der Waals surface area contributed by atoms with E-state index in [9.17, 15) is 9.59 Å². The first-order chi connectivity index (χ1) is 9.52. The number of nitrogens with zero attached hydrogens (tertiary/aromatic N) is 1. The van der Waals surface area contributed by atoms with Gasteiger partial charge < -0.3 is 20.6 Å². The van der Waals surface area contributed by atoms with Crippen molar-refractivity contribution in [2.24, 2.45) is 0 Å². The normalized spacial score (nSPS) is 10.1. The van der Waals surface area contributed by atoms with E-state index in [1.54, 1.807) is 24.1 Å². The van der Waals surface area contributed by atoms with E-state index in [-0.39, 0.29) is 12.5 Å². The number of nitrogens with one attached hydrogen (secondary N) is 2. The maximum absolute atomic E-state index is 11.8. The lowest BCUT2D eigenvalue weighted by molar-refractivity contribution is -0.136. The molecule has 0 aliphatic carbocycles. The molecule has 0 fully saturated rings. The number of likely N-dealkylation sites (N-methyl/N-ethyl adjacent to an activating group) is 2. The highest BCUT2D eigenvalue weighted by Gasteiger charge is 2.07. The van der Waals surface area contributed by atoms with E-state index in [0.29, 0.717) is 18.7 Å². The highest BCUT2D eigenvalue weighted by molar-refractivity contribution is 5.89. The molecule has 20 heavy (non-hydrogen) atoms. The van der Waals surface area contributed by atoms with Crippen LogP contribution in [0.25, 0.3) is 0 Å². The number of rotatable bonds is 7. The molecule has 0 aliphatic heterocycles. The van der Waals surface area contributed by atoms with Gasteiger partial charge in [0.1, 0.15) is 0 Å². The first-order valence-corrected chi connectivity index (χ1v) is 6.50. The van der Waals surface area contributed by atoms with Crippen molar-refractivity contribution in [1.82, 2.24) is 10.2 Å². The molecule has 0 atom stereocenters. The number of carboxylic acid groups (broad SMARTS) is 1. The molecular weight excluding hydrogens is 258 g/mol. The number of carbonyl (C=O) groups is 2. The van der Waals surface area contributed by atoms with Crippen LogP contribution in [0.15, 0.2) is 24.3 Å². The quantitative estimate of drug-likeness (QED) is 0.704. The summed E-state index contributed by atoms with van der Waals surface area (Å²) in [5.41, 5.74) is 1.64. The summed E-state index contributed by atoms with van der Waals surface area (Å²) in [6.07, 6.45) is 0.601. The number of aryl methyl sites for hydroxylation is 1. The second-order valence-corrected chi connectivity index (χ2v) is 4.55. The summed E-state index contributed by atoms with van der Waals surface area (Å²) >= 11 is 0. The van der Waals surface area contributed by atoms with Gasteiger partial charge in [-0.25, -0.2) is 4.79 Å². The molecule has 110 valence electrons. The topological polar surface area (TPSA) is 81.7 Å². The van der Waals surface area contributed by atoms with Crippen LogP contribution in [-0.2, 0) is 11.2 Å². The zero-order chi connectivity index (χ0) is 15.0. The van der Waals surface area contributed by atoms with Gasteiger partial charge in [-0.2, -0.15) is 0 Å². The van der Waals surface area contributed by atoms with Crippen molar-refractivity contribution in [1.29, 1.82) is 0 Å². The summed E-state index contributed by atoms with van der Waals surface area (Å²) < 4.78 is 0. The monoisotopic (exact) mass is 279 g/mol. The lowest BCUT2D eigenvalue weighted by Crippen LogP contribution is -2.35. The van der Waals surface area contributed by atoms with Crippen LogP contribution in [0, 0.1) is 0 Å². The number of carboxylic acids is 1. The van der Waals surface area contributed by atoms with Gasteiger partial charge in [0.05, 0.1) is 0 Å². The van der Waals surface area contributed by atoms with Gasteiger partial charge in [-0.05, 0) is 31.2 Å². The number of anilines is 1. The van der Waals surface area contributed by atoms with E-state index in [4.69, 9.17) is 5.11 Å². The lowest BCUT2D eigenvalue weighted by atomic mass is 10.1. The fourth-order valence-corrected chi connectivity index (χ4v) is 1.61. The summed E-state index contributed by atoms with van der Waals surface area (Å²) in [6.45, 7) is 1.36. The Hall–Kier alpha value is -2.08. The average molecular weight is 279 g/mol. The van der Waals surface area contributed by atoms with Gasteiger partial charge in [0.2, 0.25) is 0 Å². The Kier molecular flexibility index (Phi) is 6.52. The van der Waals surface area contributed by atoms with Crippen molar-refractivity contribution in [2.45, 2.75) is 12.8 Å². The Bertz CT molecular complexity index is 445. The summed E-state index contributed by atoms with van der Waals surface area (Å²) in [4.78, 5) is 23.9. The van der Waals surface area contributed by atoms with Gasteiger partial charge in [-0.1, -0.05) is 12.1 Å². The number of benzene rings is 1. The van der Waals surface area contributed by atoms with Crippen LogP contribution < -0.4 is 10.6 Å². The van der Waals surface area contributed by atoms with Gasteiger partial charge >= 0.3 is 12.0 Å². The number of amides is 2. The molecule has 0 saturated carbocycles. The van der Waals surface area contributed by atoms with E-state index in [0.717, 1.165) is 12.1 Å². The van der Waals surface area contributed by atoms with Crippen molar-refractivity contribution < 1.29 is 14.7 Å². The zero-order valence-corrected chi connectivity index (χ0v) is 11.8. The van der Waals surface area contributed by atoms with Crippen molar-refractivity contribution >= 4 is 17.7 Å². The molecule has 1 aromatic carbocycles. The van der Waals surface area contributed by atoms with Crippen LogP contribution >= 0.6 is 0 Å². The Morgan fingerprint density at radius 2 is 1.90 bits per heavy atom. The number of hydrogen-bond donors (Lipinski definition) is 3. The van der Waals surface area contributed by atoms with Crippen molar-refractivity contribution in [3.05, 3.63) is 29.8 Å². The van der Waals surface area contributed by atoms with E-state index in [2.05, 4.69) is 10.6 Å². The van der Waals surface area contributed by atoms with Gasteiger partial charge in [0.25, 0.3) is 0 Å². The molecule has 0 saturated heterocycles. The molecule has 3 N–H and O–H groups in total. The molecule has 0 heterocycles. The highest BCUT2D eigenvalue weighted by atomic mass is 16.4. The van der Waals surface area contributed by atoms with Crippen molar-refractivity contribution in [3.63, 3.8) is 0 Å².